The molecular weight excluding hydrogens is 302 g/mol. The number of carbonyl (C=O) groups is 1. The molecule has 0 unspecified atom stereocenters. The molecule has 116 valence electrons. The lowest BCUT2D eigenvalue weighted by Crippen LogP contribution is -2.32. The van der Waals surface area contributed by atoms with E-state index in [4.69, 9.17) is 0 Å². The molecule has 0 aliphatic carbocycles. The molecule has 0 bridgehead atoms. The largest absolute Gasteiger partial charge is 0.480 e. The third-order valence-corrected chi connectivity index (χ3v) is 4.35. The molecule has 0 saturated carbocycles. The number of carboxylic acids is 1. The normalized spacial score (nSPS) is 12.6. The predicted octanol–water partition coefficient (Wildman–Crippen LogP) is 2.20. The van der Waals surface area contributed by atoms with E-state index in [9.17, 15) is 18.3 Å². The van der Waals surface area contributed by atoms with Crippen LogP contribution in [0.25, 0.3) is 0 Å². The first-order valence-electron chi connectivity index (χ1n) is 6.70. The van der Waals surface area contributed by atoms with Crippen LogP contribution in [-0.2, 0) is 21.1 Å². The third kappa shape index (κ3) is 4.08. The van der Waals surface area contributed by atoms with E-state index < -0.39 is 21.8 Å². The van der Waals surface area contributed by atoms with Crippen LogP contribution in [0.2, 0.25) is 0 Å². The highest BCUT2D eigenvalue weighted by Crippen LogP contribution is 2.22. The van der Waals surface area contributed by atoms with Crippen molar-refractivity contribution in [1.82, 2.24) is 0 Å². The zero-order valence-electron chi connectivity index (χ0n) is 12.1. The number of sulfone groups is 1. The Morgan fingerprint density at radius 3 is 2.27 bits per heavy atom. The van der Waals surface area contributed by atoms with Gasteiger partial charge in [-0.25, -0.2) is 13.2 Å². The van der Waals surface area contributed by atoms with Gasteiger partial charge in [-0.3, -0.25) is 0 Å². The number of hydrogen-bond donors (Lipinski definition) is 2. The van der Waals surface area contributed by atoms with Crippen LogP contribution in [0.15, 0.2) is 59.5 Å². The van der Waals surface area contributed by atoms with Crippen molar-refractivity contribution in [3.8, 4) is 0 Å². The van der Waals surface area contributed by atoms with Gasteiger partial charge in [-0.05, 0) is 17.7 Å². The molecule has 2 aromatic rings. The van der Waals surface area contributed by atoms with E-state index in [1.807, 2.05) is 30.3 Å². The lowest BCUT2D eigenvalue weighted by Gasteiger charge is -2.18. The molecule has 0 spiro atoms. The molecule has 0 amide bonds. The topological polar surface area (TPSA) is 83.5 Å². The van der Waals surface area contributed by atoms with Crippen molar-refractivity contribution in [3.63, 3.8) is 0 Å². The Morgan fingerprint density at radius 1 is 1.09 bits per heavy atom. The highest BCUT2D eigenvalue weighted by Gasteiger charge is 2.21. The maximum atomic E-state index is 11.8. The van der Waals surface area contributed by atoms with Crippen molar-refractivity contribution in [2.24, 2.45) is 0 Å². The SMILES string of the molecule is CS(=O)(=O)c1ccccc1N[C@@H](Cc1ccccc1)C(=O)O. The summed E-state index contributed by atoms with van der Waals surface area (Å²) in [5.74, 6) is -1.04. The smallest absolute Gasteiger partial charge is 0.326 e. The van der Waals surface area contributed by atoms with Crippen LogP contribution in [0.5, 0.6) is 0 Å². The molecular formula is C16H17NO4S. The van der Waals surface area contributed by atoms with Crippen molar-refractivity contribution in [3.05, 3.63) is 60.2 Å². The fourth-order valence-electron chi connectivity index (χ4n) is 2.15. The first-order chi connectivity index (χ1) is 10.4. The van der Waals surface area contributed by atoms with Crippen molar-refractivity contribution < 1.29 is 18.3 Å². The van der Waals surface area contributed by atoms with Gasteiger partial charge in [0.1, 0.15) is 6.04 Å². The Bertz CT molecular complexity index is 757. The highest BCUT2D eigenvalue weighted by atomic mass is 32.2. The zero-order valence-corrected chi connectivity index (χ0v) is 12.9. The average Bonchev–Trinajstić information content (AvgIpc) is 2.47. The Labute approximate surface area is 129 Å². The maximum Gasteiger partial charge on any atom is 0.326 e. The number of hydrogen-bond acceptors (Lipinski definition) is 4. The van der Waals surface area contributed by atoms with Crippen LogP contribution in [-0.4, -0.2) is 31.8 Å². The van der Waals surface area contributed by atoms with Crippen LogP contribution in [0, 0.1) is 0 Å². The predicted molar refractivity (Wildman–Crippen MR) is 84.7 cm³/mol. The van der Waals surface area contributed by atoms with Gasteiger partial charge in [0.05, 0.1) is 10.6 Å². The van der Waals surface area contributed by atoms with Crippen LogP contribution in [0.1, 0.15) is 5.56 Å². The molecule has 0 aromatic heterocycles. The van der Waals surface area contributed by atoms with Crippen LogP contribution >= 0.6 is 0 Å². The lowest BCUT2D eigenvalue weighted by atomic mass is 10.1. The fourth-order valence-corrected chi connectivity index (χ4v) is 3.00. The van der Waals surface area contributed by atoms with Gasteiger partial charge in [0.2, 0.25) is 0 Å². The first-order valence-corrected chi connectivity index (χ1v) is 8.59. The van der Waals surface area contributed by atoms with Crippen LogP contribution in [0.4, 0.5) is 5.69 Å². The summed E-state index contributed by atoms with van der Waals surface area (Å²) < 4.78 is 23.6. The van der Waals surface area contributed by atoms with E-state index in [1.54, 1.807) is 18.2 Å². The Balaban J connectivity index is 2.28. The minimum atomic E-state index is -3.43. The van der Waals surface area contributed by atoms with Gasteiger partial charge in [0.25, 0.3) is 0 Å². The van der Waals surface area contributed by atoms with Gasteiger partial charge in [0.15, 0.2) is 9.84 Å². The van der Waals surface area contributed by atoms with Gasteiger partial charge in [-0.2, -0.15) is 0 Å². The maximum absolute atomic E-state index is 11.8. The minimum absolute atomic E-state index is 0.0920. The molecule has 1 atom stereocenters. The van der Waals surface area contributed by atoms with Gasteiger partial charge >= 0.3 is 5.97 Å². The molecule has 0 radical (unpaired) electrons. The van der Waals surface area contributed by atoms with Crippen molar-refractivity contribution in [1.29, 1.82) is 0 Å². The van der Waals surface area contributed by atoms with Gasteiger partial charge in [-0.1, -0.05) is 42.5 Å². The summed E-state index contributed by atoms with van der Waals surface area (Å²) in [6, 6.07) is 14.6. The molecule has 2 rings (SSSR count). The Kier molecular flexibility index (Phi) is 4.82. The summed E-state index contributed by atoms with van der Waals surface area (Å²) in [5, 5.41) is 12.2. The second-order valence-corrected chi connectivity index (χ2v) is 6.98. The van der Waals surface area contributed by atoms with E-state index in [0.717, 1.165) is 11.8 Å². The Morgan fingerprint density at radius 2 is 1.68 bits per heavy atom. The van der Waals surface area contributed by atoms with E-state index in [-0.39, 0.29) is 11.3 Å². The zero-order chi connectivity index (χ0) is 16.2. The van der Waals surface area contributed by atoms with E-state index in [1.165, 1.54) is 6.07 Å². The summed E-state index contributed by atoms with van der Waals surface area (Å²) in [5.41, 5.74) is 1.16. The molecule has 5 nitrogen and oxygen atoms in total. The van der Waals surface area contributed by atoms with Gasteiger partial charge in [0, 0.05) is 12.7 Å². The highest BCUT2D eigenvalue weighted by molar-refractivity contribution is 7.90. The molecule has 0 aliphatic heterocycles. The molecule has 0 saturated heterocycles. The molecule has 22 heavy (non-hydrogen) atoms. The monoisotopic (exact) mass is 319 g/mol. The summed E-state index contributed by atoms with van der Waals surface area (Å²) >= 11 is 0. The molecule has 2 N–H and O–H groups in total. The first kappa shape index (κ1) is 16.0. The van der Waals surface area contributed by atoms with E-state index in [0.29, 0.717) is 5.69 Å². The van der Waals surface area contributed by atoms with Gasteiger partial charge in [-0.15, -0.1) is 0 Å². The average molecular weight is 319 g/mol. The van der Waals surface area contributed by atoms with Crippen LogP contribution in [0.3, 0.4) is 0 Å². The second-order valence-electron chi connectivity index (χ2n) is 4.99. The molecule has 0 heterocycles. The molecule has 0 fully saturated rings. The quantitative estimate of drug-likeness (QED) is 0.853. The van der Waals surface area contributed by atoms with E-state index >= 15 is 0 Å². The molecule has 0 aliphatic rings. The second kappa shape index (κ2) is 6.62. The number of anilines is 1. The number of aliphatic carboxylic acids is 1. The molecule has 2 aromatic carbocycles. The standard InChI is InChI=1S/C16H17NO4S/c1-22(20,21)15-10-6-5-9-13(15)17-14(16(18)19)11-12-7-3-2-4-8-12/h2-10,14,17H,11H2,1H3,(H,18,19)/t14-/m0/s1. The van der Waals surface area contributed by atoms with Gasteiger partial charge < -0.3 is 10.4 Å². The van der Waals surface area contributed by atoms with Crippen LogP contribution < -0.4 is 5.32 Å². The van der Waals surface area contributed by atoms with Crippen molar-refractivity contribution >= 4 is 21.5 Å². The lowest BCUT2D eigenvalue weighted by molar-refractivity contribution is -0.137. The molecule has 6 heteroatoms. The number of para-hydroxylation sites is 1. The number of rotatable bonds is 6. The summed E-state index contributed by atoms with van der Waals surface area (Å²) in [4.78, 5) is 11.5. The fraction of sp³-hybridized carbons (Fsp3) is 0.188. The minimum Gasteiger partial charge on any atom is -0.480 e. The summed E-state index contributed by atoms with van der Waals surface area (Å²) in [6.07, 6.45) is 1.36. The summed E-state index contributed by atoms with van der Waals surface area (Å²) in [7, 11) is -3.43. The number of carboxylic acid groups (broad SMARTS) is 1. The number of benzene rings is 2. The van der Waals surface area contributed by atoms with Crippen molar-refractivity contribution in [2.75, 3.05) is 11.6 Å². The van der Waals surface area contributed by atoms with E-state index in [2.05, 4.69) is 5.32 Å². The summed E-state index contributed by atoms with van der Waals surface area (Å²) in [6.45, 7) is 0. The Hall–Kier alpha value is -2.34. The number of nitrogens with one attached hydrogen (secondary N) is 1. The van der Waals surface area contributed by atoms with Crippen molar-refractivity contribution in [2.45, 2.75) is 17.4 Å². The third-order valence-electron chi connectivity index (χ3n) is 3.20.